The molecule has 2 aromatic rings. The van der Waals surface area contributed by atoms with Crippen LogP contribution >= 0.6 is 15.9 Å². The molecule has 2 nitrogen and oxygen atoms in total. The van der Waals surface area contributed by atoms with Crippen molar-refractivity contribution >= 4 is 30.7 Å². The van der Waals surface area contributed by atoms with Crippen molar-refractivity contribution in [3.8, 4) is 0 Å². The summed E-state index contributed by atoms with van der Waals surface area (Å²) in [6.45, 7) is 3.63. The summed E-state index contributed by atoms with van der Waals surface area (Å²) >= 11 is 3.28. The van der Waals surface area contributed by atoms with Crippen LogP contribution in [0, 0.1) is 5.82 Å². The molecule has 2 rings (SSSR count). The van der Waals surface area contributed by atoms with Crippen molar-refractivity contribution in [2.75, 3.05) is 0 Å². The Kier molecular flexibility index (Phi) is 3.87. The molecule has 2 aromatic carbocycles. The summed E-state index contributed by atoms with van der Waals surface area (Å²) in [6.07, 6.45) is 0. The van der Waals surface area contributed by atoms with Crippen LogP contribution < -0.4 is 0 Å². The van der Waals surface area contributed by atoms with Crippen LogP contribution in [0.2, 0.25) is 0 Å². The van der Waals surface area contributed by atoms with E-state index in [4.69, 9.17) is 0 Å². The first kappa shape index (κ1) is 14.0. The van der Waals surface area contributed by atoms with Gasteiger partial charge in [0.2, 0.25) is 9.84 Å². The SMILES string of the molecule is C=C(c1ccc(Br)cc1)S(=O)(=O)c1ccc(F)cc1. The molecule has 5 heteroatoms. The molecule has 0 amide bonds. The molecular formula is C14H10BrFO2S. The zero-order valence-electron chi connectivity index (χ0n) is 9.81. The summed E-state index contributed by atoms with van der Waals surface area (Å²) in [4.78, 5) is 0.0217. The average Bonchev–Trinajstić information content (AvgIpc) is 2.39. The molecule has 0 aromatic heterocycles. The fourth-order valence-electron chi connectivity index (χ4n) is 1.55. The maximum atomic E-state index is 12.8. The first-order valence-electron chi connectivity index (χ1n) is 5.37. The Morgan fingerprint density at radius 2 is 1.53 bits per heavy atom. The summed E-state index contributed by atoms with van der Waals surface area (Å²) in [5.41, 5.74) is 0.507. The van der Waals surface area contributed by atoms with Crippen LogP contribution in [0.1, 0.15) is 5.56 Å². The van der Waals surface area contributed by atoms with Gasteiger partial charge >= 0.3 is 0 Å². The predicted molar refractivity (Wildman–Crippen MR) is 76.8 cm³/mol. The maximum Gasteiger partial charge on any atom is 0.206 e. The highest BCUT2D eigenvalue weighted by molar-refractivity contribution is 9.10. The molecule has 0 aliphatic carbocycles. The number of sulfone groups is 1. The molecule has 98 valence electrons. The van der Waals surface area contributed by atoms with E-state index in [9.17, 15) is 12.8 Å². The van der Waals surface area contributed by atoms with Gasteiger partial charge in [0.05, 0.1) is 9.80 Å². The Morgan fingerprint density at radius 3 is 2.05 bits per heavy atom. The lowest BCUT2D eigenvalue weighted by Gasteiger charge is -2.08. The molecule has 0 aliphatic rings. The number of benzene rings is 2. The molecule has 0 N–H and O–H groups in total. The Morgan fingerprint density at radius 1 is 1.00 bits per heavy atom. The zero-order chi connectivity index (χ0) is 14.0. The van der Waals surface area contributed by atoms with E-state index in [0.29, 0.717) is 5.56 Å². The highest BCUT2D eigenvalue weighted by atomic mass is 79.9. The second kappa shape index (κ2) is 5.27. The third kappa shape index (κ3) is 2.93. The van der Waals surface area contributed by atoms with Gasteiger partial charge in [-0.2, -0.15) is 0 Å². The molecule has 0 atom stereocenters. The Hall–Kier alpha value is -1.46. The Bertz CT molecular complexity index is 704. The van der Waals surface area contributed by atoms with Gasteiger partial charge in [0.25, 0.3) is 0 Å². The van der Waals surface area contributed by atoms with Crippen molar-refractivity contribution in [2.24, 2.45) is 0 Å². The summed E-state index contributed by atoms with van der Waals surface area (Å²) in [7, 11) is -3.70. The van der Waals surface area contributed by atoms with Crippen molar-refractivity contribution < 1.29 is 12.8 Å². The lowest BCUT2D eigenvalue weighted by atomic mass is 10.2. The second-order valence-corrected chi connectivity index (χ2v) is 6.77. The van der Waals surface area contributed by atoms with Gasteiger partial charge in [0, 0.05) is 4.47 Å². The first-order valence-corrected chi connectivity index (χ1v) is 7.64. The Labute approximate surface area is 119 Å². The molecule has 0 aliphatic heterocycles. The van der Waals surface area contributed by atoms with E-state index < -0.39 is 15.7 Å². The third-order valence-corrected chi connectivity index (χ3v) is 4.92. The minimum absolute atomic E-state index is 0.00777. The number of rotatable bonds is 3. The lowest BCUT2D eigenvalue weighted by Crippen LogP contribution is -2.03. The van der Waals surface area contributed by atoms with Crippen molar-refractivity contribution in [2.45, 2.75) is 4.90 Å². The summed E-state index contributed by atoms with van der Waals surface area (Å²) in [6, 6.07) is 11.5. The smallest absolute Gasteiger partial charge is 0.206 e. The van der Waals surface area contributed by atoms with Gasteiger partial charge in [0.15, 0.2) is 0 Å². The normalized spacial score (nSPS) is 11.3. The van der Waals surface area contributed by atoms with Gasteiger partial charge < -0.3 is 0 Å². The van der Waals surface area contributed by atoms with Crippen LogP contribution in [0.25, 0.3) is 4.91 Å². The zero-order valence-corrected chi connectivity index (χ0v) is 12.2. The van der Waals surface area contributed by atoms with E-state index in [-0.39, 0.29) is 9.80 Å². The molecule has 0 heterocycles. The van der Waals surface area contributed by atoms with Crippen LogP contribution in [0.4, 0.5) is 4.39 Å². The summed E-state index contributed by atoms with van der Waals surface area (Å²) in [5, 5.41) is 0. The summed E-state index contributed by atoms with van der Waals surface area (Å²) < 4.78 is 38.3. The van der Waals surface area contributed by atoms with E-state index >= 15 is 0 Å². The van der Waals surface area contributed by atoms with Crippen LogP contribution in [0.3, 0.4) is 0 Å². The van der Waals surface area contributed by atoms with E-state index in [0.717, 1.165) is 16.6 Å². The standard InChI is InChI=1S/C14H10BrFO2S/c1-10(11-2-4-12(15)5-3-11)19(17,18)14-8-6-13(16)7-9-14/h2-9H,1H2. The van der Waals surface area contributed by atoms with Crippen molar-refractivity contribution in [1.29, 1.82) is 0 Å². The van der Waals surface area contributed by atoms with Crippen LogP contribution in [0.15, 0.2) is 64.5 Å². The van der Waals surface area contributed by atoms with Crippen LogP contribution in [-0.2, 0) is 9.84 Å². The number of halogens is 2. The minimum atomic E-state index is -3.70. The molecule has 0 saturated heterocycles. The first-order chi connectivity index (χ1) is 8.91. The molecular weight excluding hydrogens is 331 g/mol. The maximum absolute atomic E-state index is 12.8. The quantitative estimate of drug-likeness (QED) is 0.790. The average molecular weight is 341 g/mol. The van der Waals surface area contributed by atoms with E-state index in [1.807, 2.05) is 0 Å². The fourth-order valence-corrected chi connectivity index (χ4v) is 3.04. The van der Waals surface area contributed by atoms with Crippen molar-refractivity contribution in [1.82, 2.24) is 0 Å². The highest BCUT2D eigenvalue weighted by Gasteiger charge is 2.20. The largest absolute Gasteiger partial charge is 0.219 e. The molecule has 19 heavy (non-hydrogen) atoms. The monoisotopic (exact) mass is 340 g/mol. The van der Waals surface area contributed by atoms with E-state index in [1.165, 1.54) is 12.1 Å². The van der Waals surface area contributed by atoms with Crippen molar-refractivity contribution in [3.05, 3.63) is 71.0 Å². The molecule has 0 spiro atoms. The summed E-state index contributed by atoms with van der Waals surface area (Å²) in [5.74, 6) is -0.479. The Balaban J connectivity index is 2.42. The molecule has 0 radical (unpaired) electrons. The second-order valence-electron chi connectivity index (χ2n) is 3.89. The van der Waals surface area contributed by atoms with Gasteiger partial charge in [-0.3, -0.25) is 0 Å². The van der Waals surface area contributed by atoms with Crippen LogP contribution in [0.5, 0.6) is 0 Å². The fraction of sp³-hybridized carbons (Fsp3) is 0. The van der Waals surface area contributed by atoms with Gasteiger partial charge in [-0.25, -0.2) is 12.8 Å². The number of hydrogen-bond acceptors (Lipinski definition) is 2. The van der Waals surface area contributed by atoms with Crippen molar-refractivity contribution in [3.63, 3.8) is 0 Å². The van der Waals surface area contributed by atoms with Gasteiger partial charge in [-0.15, -0.1) is 0 Å². The molecule has 0 bridgehead atoms. The molecule has 0 unspecified atom stereocenters. The van der Waals surface area contributed by atoms with E-state index in [1.54, 1.807) is 24.3 Å². The topological polar surface area (TPSA) is 34.1 Å². The highest BCUT2D eigenvalue weighted by Crippen LogP contribution is 2.27. The van der Waals surface area contributed by atoms with Gasteiger partial charge in [-0.05, 0) is 42.0 Å². The predicted octanol–water partition coefficient (Wildman–Crippen LogP) is 4.03. The van der Waals surface area contributed by atoms with E-state index in [2.05, 4.69) is 22.5 Å². The third-order valence-electron chi connectivity index (χ3n) is 2.61. The molecule has 0 saturated carbocycles. The minimum Gasteiger partial charge on any atom is -0.219 e. The molecule has 0 fully saturated rings. The number of hydrogen-bond donors (Lipinski definition) is 0. The van der Waals surface area contributed by atoms with Crippen LogP contribution in [-0.4, -0.2) is 8.42 Å². The van der Waals surface area contributed by atoms with Gasteiger partial charge in [-0.1, -0.05) is 34.6 Å². The lowest BCUT2D eigenvalue weighted by molar-refractivity contribution is 0.604. The van der Waals surface area contributed by atoms with Gasteiger partial charge in [0.1, 0.15) is 5.82 Å².